The number of hydrogen-bond acceptors (Lipinski definition) is 3. The molecule has 0 saturated carbocycles. The van der Waals surface area contributed by atoms with Crippen molar-refractivity contribution >= 4 is 5.91 Å². The molecule has 5 nitrogen and oxygen atoms in total. The van der Waals surface area contributed by atoms with Crippen LogP contribution in [-0.4, -0.2) is 39.7 Å². The van der Waals surface area contributed by atoms with Gasteiger partial charge in [-0.15, -0.1) is 0 Å². The largest absolute Gasteiger partial charge is 0.393 e. The van der Waals surface area contributed by atoms with Crippen LogP contribution in [0.2, 0.25) is 0 Å². The zero-order valence-electron chi connectivity index (χ0n) is 14.7. The molecule has 132 valence electrons. The van der Waals surface area contributed by atoms with Crippen LogP contribution in [0, 0.1) is 12.8 Å². The summed E-state index contributed by atoms with van der Waals surface area (Å²) >= 11 is 0. The molecule has 2 atom stereocenters. The Morgan fingerprint density at radius 2 is 1.92 bits per heavy atom. The van der Waals surface area contributed by atoms with Crippen LogP contribution in [0.4, 0.5) is 0 Å². The Morgan fingerprint density at radius 1 is 1.20 bits per heavy atom. The van der Waals surface area contributed by atoms with Crippen molar-refractivity contribution in [3.05, 3.63) is 69.6 Å². The van der Waals surface area contributed by atoms with Crippen molar-refractivity contribution in [1.82, 2.24) is 9.47 Å². The summed E-state index contributed by atoms with van der Waals surface area (Å²) in [6.07, 6.45) is 0.831. The molecular formula is C20H24N2O3. The van der Waals surface area contributed by atoms with E-state index in [-0.39, 0.29) is 22.9 Å². The Kier molecular flexibility index (Phi) is 5.04. The average molecular weight is 340 g/mol. The quantitative estimate of drug-likeness (QED) is 0.926. The van der Waals surface area contributed by atoms with E-state index in [0.29, 0.717) is 19.5 Å². The van der Waals surface area contributed by atoms with Crippen LogP contribution in [0.5, 0.6) is 0 Å². The van der Waals surface area contributed by atoms with Gasteiger partial charge in [0, 0.05) is 31.7 Å². The van der Waals surface area contributed by atoms with E-state index in [2.05, 4.69) is 0 Å². The van der Waals surface area contributed by atoms with Crippen molar-refractivity contribution in [2.24, 2.45) is 13.0 Å². The van der Waals surface area contributed by atoms with Crippen LogP contribution in [-0.2, 0) is 13.5 Å². The number of likely N-dealkylation sites (tertiary alicyclic amines) is 1. The molecule has 1 aliphatic rings. The van der Waals surface area contributed by atoms with E-state index in [0.717, 1.165) is 17.7 Å². The number of hydrogen-bond donors (Lipinski definition) is 1. The summed E-state index contributed by atoms with van der Waals surface area (Å²) in [5.41, 5.74) is 1.89. The number of carbonyl (C=O) groups is 1. The van der Waals surface area contributed by atoms with Gasteiger partial charge in [0.05, 0.1) is 6.10 Å². The molecule has 0 spiro atoms. The molecule has 0 bridgehead atoms. The van der Waals surface area contributed by atoms with Crippen LogP contribution in [0.3, 0.4) is 0 Å². The lowest BCUT2D eigenvalue weighted by atomic mass is 9.88. The number of carbonyl (C=O) groups excluding carboxylic acids is 1. The predicted molar refractivity (Wildman–Crippen MR) is 96.6 cm³/mol. The van der Waals surface area contributed by atoms with Crippen molar-refractivity contribution < 1.29 is 9.90 Å². The molecule has 0 radical (unpaired) electrons. The maximum atomic E-state index is 12.8. The molecular weight excluding hydrogens is 316 g/mol. The van der Waals surface area contributed by atoms with E-state index in [1.165, 1.54) is 4.57 Å². The fourth-order valence-electron chi connectivity index (χ4n) is 3.38. The van der Waals surface area contributed by atoms with Gasteiger partial charge in [-0.3, -0.25) is 9.59 Å². The lowest BCUT2D eigenvalue weighted by Gasteiger charge is -2.36. The van der Waals surface area contributed by atoms with Crippen LogP contribution >= 0.6 is 0 Å². The summed E-state index contributed by atoms with van der Waals surface area (Å²) in [4.78, 5) is 26.9. The summed E-state index contributed by atoms with van der Waals surface area (Å²) in [6, 6.07) is 13.4. The number of rotatable bonds is 3. The van der Waals surface area contributed by atoms with Gasteiger partial charge in [0.2, 0.25) is 0 Å². The Morgan fingerprint density at radius 3 is 2.64 bits per heavy atom. The molecule has 1 aromatic heterocycles. The molecule has 2 heterocycles. The monoisotopic (exact) mass is 340 g/mol. The zero-order valence-corrected chi connectivity index (χ0v) is 14.7. The van der Waals surface area contributed by atoms with Crippen LogP contribution in [0.1, 0.15) is 28.0 Å². The van der Waals surface area contributed by atoms with E-state index >= 15 is 0 Å². The fraction of sp³-hybridized carbons (Fsp3) is 0.400. The highest BCUT2D eigenvalue weighted by atomic mass is 16.3. The smallest absolute Gasteiger partial charge is 0.263 e. The Bertz CT molecular complexity index is 813. The number of benzene rings is 1. The molecule has 1 amide bonds. The second-order valence-corrected chi connectivity index (χ2v) is 6.81. The predicted octanol–water partition coefficient (Wildman–Crippen LogP) is 1.76. The molecule has 25 heavy (non-hydrogen) atoms. The number of pyridine rings is 1. The van der Waals surface area contributed by atoms with E-state index in [9.17, 15) is 14.7 Å². The second kappa shape index (κ2) is 7.23. The summed E-state index contributed by atoms with van der Waals surface area (Å²) in [6.45, 7) is 2.77. The van der Waals surface area contributed by atoms with Crippen molar-refractivity contribution in [3.63, 3.8) is 0 Å². The van der Waals surface area contributed by atoms with Gasteiger partial charge >= 0.3 is 0 Å². The van der Waals surface area contributed by atoms with E-state index < -0.39 is 6.10 Å². The highest BCUT2D eigenvalue weighted by molar-refractivity contribution is 5.94. The third-order valence-electron chi connectivity index (χ3n) is 5.11. The minimum atomic E-state index is -0.426. The Hall–Kier alpha value is -2.40. The highest BCUT2D eigenvalue weighted by Crippen LogP contribution is 2.22. The minimum absolute atomic E-state index is 0.0191. The molecule has 1 N–H and O–H groups in total. The van der Waals surface area contributed by atoms with Crippen molar-refractivity contribution in [1.29, 1.82) is 0 Å². The summed E-state index contributed by atoms with van der Waals surface area (Å²) < 4.78 is 1.49. The lowest BCUT2D eigenvalue weighted by Crippen LogP contribution is -2.48. The van der Waals surface area contributed by atoms with Crippen molar-refractivity contribution in [2.75, 3.05) is 13.1 Å². The van der Waals surface area contributed by atoms with Gasteiger partial charge < -0.3 is 14.6 Å². The molecule has 2 aromatic rings. The maximum Gasteiger partial charge on any atom is 0.263 e. The van der Waals surface area contributed by atoms with Crippen LogP contribution < -0.4 is 5.56 Å². The van der Waals surface area contributed by atoms with Gasteiger partial charge in [0.25, 0.3) is 11.5 Å². The first-order valence-corrected chi connectivity index (χ1v) is 8.65. The molecule has 0 aliphatic carbocycles. The highest BCUT2D eigenvalue weighted by Gasteiger charge is 2.31. The fourth-order valence-corrected chi connectivity index (χ4v) is 3.38. The first-order valence-electron chi connectivity index (χ1n) is 8.65. The summed E-state index contributed by atoms with van der Waals surface area (Å²) in [5.74, 6) is -0.264. The van der Waals surface area contributed by atoms with Gasteiger partial charge in [-0.25, -0.2) is 0 Å². The second-order valence-electron chi connectivity index (χ2n) is 6.81. The maximum absolute atomic E-state index is 12.8. The molecule has 1 fully saturated rings. The van der Waals surface area contributed by atoms with Gasteiger partial charge in [-0.1, -0.05) is 30.3 Å². The van der Waals surface area contributed by atoms with Crippen LogP contribution in [0.25, 0.3) is 0 Å². The number of aryl methyl sites for hydroxylation is 1. The first-order chi connectivity index (χ1) is 12.0. The summed E-state index contributed by atoms with van der Waals surface area (Å²) in [5, 5.41) is 10.3. The lowest BCUT2D eigenvalue weighted by molar-refractivity contribution is 0.0240. The summed E-state index contributed by atoms with van der Waals surface area (Å²) in [7, 11) is 1.67. The van der Waals surface area contributed by atoms with Crippen molar-refractivity contribution in [3.8, 4) is 0 Å². The van der Waals surface area contributed by atoms with Gasteiger partial charge in [0.15, 0.2) is 0 Å². The Labute approximate surface area is 147 Å². The van der Waals surface area contributed by atoms with Gasteiger partial charge in [0.1, 0.15) is 5.56 Å². The molecule has 5 heteroatoms. The number of aliphatic hydroxyl groups is 1. The van der Waals surface area contributed by atoms with Crippen molar-refractivity contribution in [2.45, 2.75) is 25.9 Å². The number of aliphatic hydroxyl groups excluding tert-OH is 1. The van der Waals surface area contributed by atoms with E-state index in [4.69, 9.17) is 0 Å². The average Bonchev–Trinajstić information content (AvgIpc) is 2.62. The number of aromatic nitrogens is 1. The normalized spacial score (nSPS) is 20.5. The first kappa shape index (κ1) is 17.4. The molecule has 1 aliphatic heterocycles. The van der Waals surface area contributed by atoms with Crippen LogP contribution in [0.15, 0.2) is 47.3 Å². The third-order valence-corrected chi connectivity index (χ3v) is 5.11. The minimum Gasteiger partial charge on any atom is -0.393 e. The van der Waals surface area contributed by atoms with E-state index in [1.54, 1.807) is 24.1 Å². The molecule has 0 unspecified atom stereocenters. The number of piperidine rings is 1. The van der Waals surface area contributed by atoms with Gasteiger partial charge in [-0.2, -0.15) is 0 Å². The van der Waals surface area contributed by atoms with Gasteiger partial charge in [-0.05, 0) is 37.5 Å². The standard InChI is InChI=1S/C20H24N2O3/c1-14-8-9-17(19(24)21(14)2)20(25)22-11-10-18(23)16(13-22)12-15-6-4-3-5-7-15/h3-9,16,18,23H,10-13H2,1-2H3/t16-,18+/m1/s1. The molecule has 1 saturated heterocycles. The van der Waals surface area contributed by atoms with E-state index in [1.807, 2.05) is 37.3 Å². The Balaban J connectivity index is 1.78. The number of amides is 1. The molecule has 1 aromatic carbocycles. The molecule has 3 rings (SSSR count). The topological polar surface area (TPSA) is 62.5 Å². The zero-order chi connectivity index (χ0) is 18.0. The third kappa shape index (κ3) is 3.66. The SMILES string of the molecule is Cc1ccc(C(=O)N2CC[C@H](O)[C@H](Cc3ccccc3)C2)c(=O)n1C. The number of nitrogens with zero attached hydrogens (tertiary/aromatic N) is 2.